The van der Waals surface area contributed by atoms with Crippen molar-refractivity contribution in [1.29, 1.82) is 0 Å². The summed E-state index contributed by atoms with van der Waals surface area (Å²) < 4.78 is 15.5. The van der Waals surface area contributed by atoms with E-state index in [2.05, 4.69) is 0 Å². The lowest BCUT2D eigenvalue weighted by Gasteiger charge is -2.14. The molecule has 0 spiro atoms. The Kier molecular flexibility index (Phi) is 6.54. The summed E-state index contributed by atoms with van der Waals surface area (Å²) in [7, 11) is 4.54. The number of nitrogens with zero attached hydrogens (tertiary/aromatic N) is 1. The molecule has 0 aliphatic rings. The predicted octanol–water partition coefficient (Wildman–Crippen LogP) is 3.35. The largest absolute Gasteiger partial charge is 0.497 e. The molecule has 0 aromatic heterocycles. The lowest BCUT2D eigenvalue weighted by molar-refractivity contribution is -0.483. The number of Topliss-reactive ketones (excluding diaryl/α,β-unsaturated/α-hetero) is 1. The molecule has 0 aliphatic carbocycles. The third-order valence-electron chi connectivity index (χ3n) is 4.09. The lowest BCUT2D eigenvalue weighted by Crippen LogP contribution is -2.16. The van der Waals surface area contributed by atoms with Crippen molar-refractivity contribution in [2.24, 2.45) is 0 Å². The quantitative estimate of drug-likeness (QED) is 0.388. The van der Waals surface area contributed by atoms with Crippen LogP contribution in [0.1, 0.15) is 28.3 Å². The molecular weight excluding hydrogens is 338 g/mol. The Labute approximate surface area is 151 Å². The summed E-state index contributed by atoms with van der Waals surface area (Å²) >= 11 is 0. The maximum absolute atomic E-state index is 12.7. The topological polar surface area (TPSA) is 87.9 Å². The van der Waals surface area contributed by atoms with Gasteiger partial charge < -0.3 is 14.2 Å². The molecule has 1 unspecified atom stereocenters. The fourth-order valence-corrected chi connectivity index (χ4v) is 2.70. The van der Waals surface area contributed by atoms with E-state index in [-0.39, 0.29) is 18.7 Å². The van der Waals surface area contributed by atoms with E-state index in [1.807, 2.05) is 0 Å². The second kappa shape index (κ2) is 8.84. The van der Waals surface area contributed by atoms with Crippen LogP contribution in [0.4, 0.5) is 0 Å². The summed E-state index contributed by atoms with van der Waals surface area (Å²) in [6.45, 7) is -0.328. The minimum Gasteiger partial charge on any atom is -0.497 e. The monoisotopic (exact) mass is 359 g/mol. The fourth-order valence-electron chi connectivity index (χ4n) is 2.70. The first-order valence-electron chi connectivity index (χ1n) is 7.99. The van der Waals surface area contributed by atoms with Crippen molar-refractivity contribution in [1.82, 2.24) is 0 Å². The third-order valence-corrected chi connectivity index (χ3v) is 4.09. The first kappa shape index (κ1) is 19.2. The zero-order chi connectivity index (χ0) is 19.1. The van der Waals surface area contributed by atoms with Crippen LogP contribution in [0.25, 0.3) is 0 Å². The van der Waals surface area contributed by atoms with E-state index in [1.165, 1.54) is 14.2 Å². The van der Waals surface area contributed by atoms with Gasteiger partial charge in [-0.2, -0.15) is 0 Å². The van der Waals surface area contributed by atoms with E-state index in [4.69, 9.17) is 14.2 Å². The molecule has 2 aromatic rings. The number of ether oxygens (including phenoxy) is 3. The van der Waals surface area contributed by atoms with Crippen molar-refractivity contribution in [2.45, 2.75) is 12.3 Å². The van der Waals surface area contributed by atoms with Gasteiger partial charge in [-0.05, 0) is 35.9 Å². The lowest BCUT2D eigenvalue weighted by atomic mass is 9.91. The molecule has 0 fully saturated rings. The van der Waals surface area contributed by atoms with Gasteiger partial charge in [0, 0.05) is 16.9 Å². The van der Waals surface area contributed by atoms with Crippen molar-refractivity contribution < 1.29 is 23.9 Å². The Morgan fingerprint density at radius 2 is 1.65 bits per heavy atom. The van der Waals surface area contributed by atoms with Gasteiger partial charge in [0.05, 0.1) is 27.2 Å². The number of carbonyl (C=O) groups is 1. The van der Waals surface area contributed by atoms with E-state index in [9.17, 15) is 14.9 Å². The first-order chi connectivity index (χ1) is 12.5. The average Bonchev–Trinajstić information content (AvgIpc) is 2.66. The van der Waals surface area contributed by atoms with Crippen LogP contribution in [-0.2, 0) is 0 Å². The van der Waals surface area contributed by atoms with Gasteiger partial charge >= 0.3 is 0 Å². The van der Waals surface area contributed by atoms with Gasteiger partial charge in [0.25, 0.3) is 0 Å². The molecule has 1 atom stereocenters. The van der Waals surface area contributed by atoms with Gasteiger partial charge in [-0.1, -0.05) is 12.1 Å². The third kappa shape index (κ3) is 4.72. The van der Waals surface area contributed by atoms with E-state index < -0.39 is 10.8 Å². The zero-order valence-electron chi connectivity index (χ0n) is 14.9. The van der Waals surface area contributed by atoms with Crippen LogP contribution >= 0.6 is 0 Å². The average molecular weight is 359 g/mol. The van der Waals surface area contributed by atoms with Gasteiger partial charge in [0.15, 0.2) is 17.3 Å². The molecule has 26 heavy (non-hydrogen) atoms. The van der Waals surface area contributed by atoms with E-state index >= 15 is 0 Å². The smallest absolute Gasteiger partial charge is 0.211 e. The summed E-state index contributed by atoms with van der Waals surface area (Å²) in [5, 5.41) is 11.0. The second-order valence-corrected chi connectivity index (χ2v) is 5.68. The maximum Gasteiger partial charge on any atom is 0.211 e. The molecule has 0 radical (unpaired) electrons. The van der Waals surface area contributed by atoms with Crippen LogP contribution < -0.4 is 14.2 Å². The minimum atomic E-state index is -0.531. The van der Waals surface area contributed by atoms with Crippen LogP contribution in [0, 0.1) is 10.1 Å². The SMILES string of the molecule is COc1ccc(C(CC(=O)c2ccc(OC)c(OC)c2)C[N+](=O)[O-])cc1. The Bertz CT molecular complexity index is 772. The summed E-state index contributed by atoms with van der Waals surface area (Å²) in [5.41, 5.74) is 1.14. The molecule has 2 aromatic carbocycles. The number of nitro groups is 1. The van der Waals surface area contributed by atoms with Crippen LogP contribution in [0.3, 0.4) is 0 Å². The Morgan fingerprint density at radius 3 is 2.19 bits per heavy atom. The van der Waals surface area contributed by atoms with Crippen molar-refractivity contribution in [3.8, 4) is 17.2 Å². The Hall–Kier alpha value is -3.09. The normalized spacial score (nSPS) is 11.5. The fraction of sp³-hybridized carbons (Fsp3) is 0.316. The van der Waals surface area contributed by atoms with Crippen LogP contribution in [0.15, 0.2) is 42.5 Å². The van der Waals surface area contributed by atoms with Gasteiger partial charge in [0.2, 0.25) is 6.54 Å². The zero-order valence-corrected chi connectivity index (χ0v) is 14.9. The molecule has 0 amide bonds. The Balaban J connectivity index is 2.24. The van der Waals surface area contributed by atoms with Crippen molar-refractivity contribution >= 4 is 5.78 Å². The van der Waals surface area contributed by atoms with E-state index in [1.54, 1.807) is 49.6 Å². The number of benzene rings is 2. The summed E-state index contributed by atoms with van der Waals surface area (Å²) in [6.07, 6.45) is 0.0167. The highest BCUT2D eigenvalue weighted by Gasteiger charge is 2.23. The second-order valence-electron chi connectivity index (χ2n) is 5.68. The van der Waals surface area contributed by atoms with Crippen LogP contribution in [-0.4, -0.2) is 38.6 Å². The van der Waals surface area contributed by atoms with Crippen molar-refractivity contribution in [2.75, 3.05) is 27.9 Å². The number of hydrogen-bond acceptors (Lipinski definition) is 6. The molecule has 7 nitrogen and oxygen atoms in total. The van der Waals surface area contributed by atoms with E-state index in [0.29, 0.717) is 22.8 Å². The van der Waals surface area contributed by atoms with Gasteiger partial charge in [-0.3, -0.25) is 14.9 Å². The van der Waals surface area contributed by atoms with Gasteiger partial charge in [0.1, 0.15) is 5.75 Å². The van der Waals surface area contributed by atoms with Gasteiger partial charge in [-0.15, -0.1) is 0 Å². The van der Waals surface area contributed by atoms with Crippen LogP contribution in [0.5, 0.6) is 17.2 Å². The molecule has 0 aliphatic heterocycles. The molecule has 0 N–H and O–H groups in total. The predicted molar refractivity (Wildman–Crippen MR) is 96.1 cm³/mol. The molecule has 0 bridgehead atoms. The number of hydrogen-bond donors (Lipinski definition) is 0. The molecule has 2 rings (SSSR count). The summed E-state index contributed by atoms with van der Waals surface area (Å²) in [6, 6.07) is 11.8. The minimum absolute atomic E-state index is 0.0167. The molecule has 0 heterocycles. The summed E-state index contributed by atoms with van der Waals surface area (Å²) in [5.74, 6) is 0.875. The van der Waals surface area contributed by atoms with Crippen molar-refractivity contribution in [3.63, 3.8) is 0 Å². The maximum atomic E-state index is 12.7. The highest BCUT2D eigenvalue weighted by atomic mass is 16.6. The van der Waals surface area contributed by atoms with Crippen molar-refractivity contribution in [3.05, 3.63) is 63.7 Å². The molecule has 0 saturated carbocycles. The molecular formula is C19H21NO6. The molecule has 0 saturated heterocycles. The first-order valence-corrected chi connectivity index (χ1v) is 7.99. The van der Waals surface area contributed by atoms with Crippen LogP contribution in [0.2, 0.25) is 0 Å². The number of rotatable bonds is 9. The Morgan fingerprint density at radius 1 is 1.00 bits per heavy atom. The number of carbonyl (C=O) groups excluding carboxylic acids is 1. The van der Waals surface area contributed by atoms with Gasteiger partial charge in [-0.25, -0.2) is 0 Å². The number of ketones is 1. The highest BCUT2D eigenvalue weighted by Crippen LogP contribution is 2.30. The molecule has 7 heteroatoms. The van der Waals surface area contributed by atoms with E-state index in [0.717, 1.165) is 5.56 Å². The standard InChI is InChI=1S/C19H21NO6/c1-24-16-7-4-13(5-8-16)15(12-20(22)23)10-17(21)14-6-9-18(25-2)19(11-14)26-3/h4-9,11,15H,10,12H2,1-3H3. The highest BCUT2D eigenvalue weighted by molar-refractivity contribution is 5.97. The number of methoxy groups -OCH3 is 3. The molecule has 138 valence electrons. The summed E-state index contributed by atoms with van der Waals surface area (Å²) in [4.78, 5) is 23.3.